The molecule has 126 valence electrons. The van der Waals surface area contributed by atoms with Crippen molar-refractivity contribution >= 4 is 22.9 Å². The molecule has 3 aromatic rings. The summed E-state index contributed by atoms with van der Waals surface area (Å²) in [7, 11) is 0. The molecule has 0 aliphatic rings. The molecule has 1 unspecified atom stereocenters. The Hall–Kier alpha value is -1.62. The maximum atomic E-state index is 6.18. The minimum Gasteiger partial charge on any atom is -0.372 e. The first-order chi connectivity index (χ1) is 11.7. The van der Waals surface area contributed by atoms with Crippen LogP contribution in [0.5, 0.6) is 0 Å². The van der Waals surface area contributed by atoms with Gasteiger partial charge in [0.1, 0.15) is 0 Å². The molecule has 2 aromatic heterocycles. The predicted octanol–water partition coefficient (Wildman–Crippen LogP) is 5.12. The molecule has 1 atom stereocenters. The third-order valence-electron chi connectivity index (χ3n) is 3.88. The second-order valence-electron chi connectivity index (χ2n) is 5.87. The summed E-state index contributed by atoms with van der Waals surface area (Å²) in [6, 6.07) is 12.2. The summed E-state index contributed by atoms with van der Waals surface area (Å²) >= 11 is 7.80. The Kier molecular flexibility index (Phi) is 6.07. The third-order valence-corrected chi connectivity index (χ3v) is 5.19. The number of benzene rings is 1. The molecule has 0 radical (unpaired) electrons. The van der Waals surface area contributed by atoms with Gasteiger partial charge in [-0.05, 0) is 49.6 Å². The molecule has 0 aliphatic heterocycles. The lowest BCUT2D eigenvalue weighted by molar-refractivity contribution is 0.0241. The zero-order chi connectivity index (χ0) is 16.8. The molecule has 0 saturated heterocycles. The average molecular weight is 361 g/mol. The Morgan fingerprint density at radius 3 is 2.71 bits per heavy atom. The van der Waals surface area contributed by atoms with Crippen LogP contribution in [0.4, 0.5) is 0 Å². The van der Waals surface area contributed by atoms with Crippen LogP contribution >= 0.6 is 22.9 Å². The SMILES string of the molecule is Cc1ccc(CCC(Cn2ccnc2)OCc2ccc(Cl)cc2)s1. The van der Waals surface area contributed by atoms with Crippen molar-refractivity contribution in [2.24, 2.45) is 0 Å². The van der Waals surface area contributed by atoms with Crippen LogP contribution in [0.25, 0.3) is 0 Å². The second-order valence-corrected chi connectivity index (χ2v) is 7.68. The van der Waals surface area contributed by atoms with Crippen LogP contribution < -0.4 is 0 Å². The van der Waals surface area contributed by atoms with E-state index >= 15 is 0 Å². The van der Waals surface area contributed by atoms with Gasteiger partial charge in [0.25, 0.3) is 0 Å². The molecule has 5 heteroatoms. The van der Waals surface area contributed by atoms with Crippen molar-refractivity contribution in [3.63, 3.8) is 0 Å². The van der Waals surface area contributed by atoms with Crippen LogP contribution in [-0.4, -0.2) is 15.7 Å². The van der Waals surface area contributed by atoms with E-state index in [0.717, 1.165) is 30.0 Å². The zero-order valence-corrected chi connectivity index (χ0v) is 15.3. The maximum absolute atomic E-state index is 6.18. The normalized spacial score (nSPS) is 12.4. The van der Waals surface area contributed by atoms with Crippen molar-refractivity contribution in [3.8, 4) is 0 Å². The monoisotopic (exact) mass is 360 g/mol. The van der Waals surface area contributed by atoms with Crippen LogP contribution in [0.15, 0.2) is 55.1 Å². The van der Waals surface area contributed by atoms with Crippen LogP contribution in [-0.2, 0) is 24.3 Å². The van der Waals surface area contributed by atoms with E-state index in [0.29, 0.717) is 6.61 Å². The third kappa shape index (κ3) is 5.20. The topological polar surface area (TPSA) is 27.1 Å². The largest absolute Gasteiger partial charge is 0.372 e. The van der Waals surface area contributed by atoms with E-state index in [2.05, 4.69) is 28.6 Å². The summed E-state index contributed by atoms with van der Waals surface area (Å²) in [5, 5.41) is 0.752. The highest BCUT2D eigenvalue weighted by atomic mass is 35.5. The maximum Gasteiger partial charge on any atom is 0.0946 e. The van der Waals surface area contributed by atoms with Gasteiger partial charge >= 0.3 is 0 Å². The van der Waals surface area contributed by atoms with Crippen molar-refractivity contribution in [1.82, 2.24) is 9.55 Å². The van der Waals surface area contributed by atoms with Gasteiger partial charge < -0.3 is 9.30 Å². The van der Waals surface area contributed by atoms with Gasteiger partial charge in [0.05, 0.1) is 19.0 Å². The standard InChI is InChI=1S/C19H21ClN2OS/c1-15-2-8-19(24-15)9-7-18(12-22-11-10-21-14-22)23-13-16-3-5-17(20)6-4-16/h2-6,8,10-11,14,18H,7,9,12-13H2,1H3. The minimum atomic E-state index is 0.150. The van der Waals surface area contributed by atoms with Crippen molar-refractivity contribution in [2.75, 3.05) is 0 Å². The number of hydrogen-bond acceptors (Lipinski definition) is 3. The van der Waals surface area contributed by atoms with E-state index in [1.54, 1.807) is 6.20 Å². The zero-order valence-electron chi connectivity index (χ0n) is 13.7. The van der Waals surface area contributed by atoms with Gasteiger partial charge in [-0.25, -0.2) is 4.98 Å². The molecule has 0 aliphatic carbocycles. The lowest BCUT2D eigenvalue weighted by atomic mass is 10.1. The summed E-state index contributed by atoms with van der Waals surface area (Å²) in [5.41, 5.74) is 1.14. The fourth-order valence-electron chi connectivity index (χ4n) is 2.57. The van der Waals surface area contributed by atoms with E-state index in [1.165, 1.54) is 9.75 Å². The summed E-state index contributed by atoms with van der Waals surface area (Å²) < 4.78 is 8.26. The lowest BCUT2D eigenvalue weighted by Crippen LogP contribution is -2.20. The molecule has 0 fully saturated rings. The number of aromatic nitrogens is 2. The first-order valence-corrected chi connectivity index (χ1v) is 9.25. The lowest BCUT2D eigenvalue weighted by Gasteiger charge is -2.18. The average Bonchev–Trinajstić information content (AvgIpc) is 3.23. The molecule has 3 rings (SSSR count). The number of aryl methyl sites for hydroxylation is 2. The van der Waals surface area contributed by atoms with Gasteiger partial charge in [0, 0.05) is 33.7 Å². The highest BCUT2D eigenvalue weighted by molar-refractivity contribution is 7.11. The Labute approximate surface area is 151 Å². The Morgan fingerprint density at radius 1 is 1.21 bits per heavy atom. The molecule has 0 saturated carbocycles. The smallest absolute Gasteiger partial charge is 0.0946 e. The van der Waals surface area contributed by atoms with Gasteiger partial charge in [0.2, 0.25) is 0 Å². The van der Waals surface area contributed by atoms with Crippen molar-refractivity contribution in [1.29, 1.82) is 0 Å². The van der Waals surface area contributed by atoms with Crippen LogP contribution in [0.2, 0.25) is 5.02 Å². The summed E-state index contributed by atoms with van der Waals surface area (Å²) in [5.74, 6) is 0. The van der Waals surface area contributed by atoms with Gasteiger partial charge in [-0.2, -0.15) is 0 Å². The van der Waals surface area contributed by atoms with Crippen LogP contribution in [0.1, 0.15) is 21.7 Å². The molecular weight excluding hydrogens is 340 g/mol. The summed E-state index contributed by atoms with van der Waals surface area (Å²) in [4.78, 5) is 6.89. The predicted molar refractivity (Wildman–Crippen MR) is 99.6 cm³/mol. The Morgan fingerprint density at radius 2 is 2.04 bits per heavy atom. The van der Waals surface area contributed by atoms with Gasteiger partial charge in [0.15, 0.2) is 0 Å². The van der Waals surface area contributed by atoms with E-state index in [-0.39, 0.29) is 6.10 Å². The van der Waals surface area contributed by atoms with Gasteiger partial charge in [-0.3, -0.25) is 0 Å². The van der Waals surface area contributed by atoms with Crippen molar-refractivity contribution in [3.05, 3.63) is 75.5 Å². The first kappa shape index (κ1) is 17.2. The molecule has 24 heavy (non-hydrogen) atoms. The summed E-state index contributed by atoms with van der Waals surface area (Å²) in [6.45, 7) is 3.56. The number of thiophene rings is 1. The molecule has 0 N–H and O–H groups in total. The van der Waals surface area contributed by atoms with Crippen molar-refractivity contribution < 1.29 is 4.74 Å². The van der Waals surface area contributed by atoms with E-state index in [9.17, 15) is 0 Å². The van der Waals surface area contributed by atoms with Crippen LogP contribution in [0, 0.1) is 6.92 Å². The van der Waals surface area contributed by atoms with E-state index in [1.807, 2.05) is 48.1 Å². The number of halogens is 1. The number of imidazole rings is 1. The summed E-state index contributed by atoms with van der Waals surface area (Å²) in [6.07, 6.45) is 7.81. The van der Waals surface area contributed by atoms with Gasteiger partial charge in [-0.15, -0.1) is 11.3 Å². The molecule has 3 nitrogen and oxygen atoms in total. The molecule has 1 aromatic carbocycles. The highest BCUT2D eigenvalue weighted by Crippen LogP contribution is 2.19. The number of ether oxygens (including phenoxy) is 1. The molecule has 0 bridgehead atoms. The fourth-order valence-corrected chi connectivity index (χ4v) is 3.61. The molecule has 2 heterocycles. The van der Waals surface area contributed by atoms with Crippen molar-refractivity contribution in [2.45, 2.75) is 39.0 Å². The Balaban J connectivity index is 1.59. The fraction of sp³-hybridized carbons (Fsp3) is 0.316. The Bertz CT molecular complexity index is 737. The first-order valence-electron chi connectivity index (χ1n) is 8.06. The molecule has 0 spiro atoms. The van der Waals surface area contributed by atoms with E-state index < -0.39 is 0 Å². The minimum absolute atomic E-state index is 0.150. The molecular formula is C19H21ClN2OS. The number of rotatable bonds is 8. The second kappa shape index (κ2) is 8.47. The molecule has 0 amide bonds. The van der Waals surface area contributed by atoms with Gasteiger partial charge in [-0.1, -0.05) is 23.7 Å². The van der Waals surface area contributed by atoms with E-state index in [4.69, 9.17) is 16.3 Å². The highest BCUT2D eigenvalue weighted by Gasteiger charge is 2.12. The van der Waals surface area contributed by atoms with Crippen LogP contribution in [0.3, 0.4) is 0 Å². The quantitative estimate of drug-likeness (QED) is 0.557. The number of nitrogens with zero attached hydrogens (tertiary/aromatic N) is 2. The number of hydrogen-bond donors (Lipinski definition) is 0.